The maximum Gasteiger partial charge on any atom is 0.146 e. The van der Waals surface area contributed by atoms with Crippen LogP contribution in [0.25, 0.3) is 10.2 Å². The first kappa shape index (κ1) is 8.31. The molecular formula is C9H9NO2S. The van der Waals surface area contributed by atoms with E-state index in [9.17, 15) is 0 Å². The summed E-state index contributed by atoms with van der Waals surface area (Å²) in [5, 5.41) is 0. The first-order chi connectivity index (χ1) is 6.36. The Bertz CT molecular complexity index is 386. The van der Waals surface area contributed by atoms with Crippen molar-refractivity contribution in [3.8, 4) is 11.5 Å². The Morgan fingerprint density at radius 2 is 1.85 bits per heavy atom. The second-order valence-electron chi connectivity index (χ2n) is 2.50. The zero-order valence-corrected chi connectivity index (χ0v) is 8.22. The van der Waals surface area contributed by atoms with Gasteiger partial charge in [-0.3, -0.25) is 0 Å². The molecule has 0 unspecified atom stereocenters. The van der Waals surface area contributed by atoms with Crippen LogP contribution < -0.4 is 9.47 Å². The van der Waals surface area contributed by atoms with Gasteiger partial charge < -0.3 is 9.47 Å². The third-order valence-electron chi connectivity index (χ3n) is 1.85. The Morgan fingerprint density at radius 1 is 1.15 bits per heavy atom. The van der Waals surface area contributed by atoms with Crippen molar-refractivity contribution in [2.45, 2.75) is 0 Å². The summed E-state index contributed by atoms with van der Waals surface area (Å²) in [6, 6.07) is 3.75. The summed E-state index contributed by atoms with van der Waals surface area (Å²) in [4.78, 5) is 4.21. The van der Waals surface area contributed by atoms with E-state index in [-0.39, 0.29) is 0 Å². The van der Waals surface area contributed by atoms with E-state index in [0.29, 0.717) is 0 Å². The molecule has 0 atom stereocenters. The molecule has 0 bridgehead atoms. The average Bonchev–Trinajstić information content (AvgIpc) is 2.64. The quantitative estimate of drug-likeness (QED) is 0.736. The maximum absolute atomic E-state index is 5.20. The minimum absolute atomic E-state index is 0.789. The van der Waals surface area contributed by atoms with Crippen molar-refractivity contribution in [2.75, 3.05) is 14.2 Å². The minimum Gasteiger partial charge on any atom is -0.495 e. The van der Waals surface area contributed by atoms with Crippen LogP contribution in [0.15, 0.2) is 17.6 Å². The van der Waals surface area contributed by atoms with Crippen molar-refractivity contribution in [1.29, 1.82) is 0 Å². The number of ether oxygens (including phenoxy) is 2. The van der Waals surface area contributed by atoms with Gasteiger partial charge in [-0.05, 0) is 12.1 Å². The number of fused-ring (bicyclic) bond motifs is 1. The lowest BCUT2D eigenvalue weighted by Gasteiger charge is -2.03. The molecule has 0 aliphatic rings. The topological polar surface area (TPSA) is 31.4 Å². The molecule has 2 aromatic rings. The first-order valence-corrected chi connectivity index (χ1v) is 4.69. The normalized spacial score (nSPS) is 10.3. The van der Waals surface area contributed by atoms with Gasteiger partial charge in [-0.15, -0.1) is 11.3 Å². The van der Waals surface area contributed by atoms with Gasteiger partial charge in [0.1, 0.15) is 21.7 Å². The highest BCUT2D eigenvalue weighted by Gasteiger charge is 2.08. The van der Waals surface area contributed by atoms with Crippen LogP contribution in [0.2, 0.25) is 0 Å². The van der Waals surface area contributed by atoms with Gasteiger partial charge in [-0.1, -0.05) is 0 Å². The molecule has 1 aromatic carbocycles. The van der Waals surface area contributed by atoms with E-state index in [0.717, 1.165) is 21.7 Å². The largest absolute Gasteiger partial charge is 0.495 e. The highest BCUT2D eigenvalue weighted by Crippen LogP contribution is 2.34. The second-order valence-corrected chi connectivity index (χ2v) is 3.35. The van der Waals surface area contributed by atoms with E-state index in [1.54, 1.807) is 31.1 Å². The van der Waals surface area contributed by atoms with E-state index in [1.807, 2.05) is 12.1 Å². The van der Waals surface area contributed by atoms with E-state index in [2.05, 4.69) is 4.98 Å². The summed E-state index contributed by atoms with van der Waals surface area (Å²) in [5.74, 6) is 1.63. The molecule has 0 saturated carbocycles. The molecule has 0 radical (unpaired) electrons. The van der Waals surface area contributed by atoms with Crippen LogP contribution in [-0.2, 0) is 0 Å². The number of nitrogens with zero attached hydrogens (tertiary/aromatic N) is 1. The summed E-state index contributed by atoms with van der Waals surface area (Å²) in [5.41, 5.74) is 2.65. The van der Waals surface area contributed by atoms with E-state index in [1.165, 1.54) is 0 Å². The van der Waals surface area contributed by atoms with Gasteiger partial charge in [0.05, 0.1) is 19.7 Å². The smallest absolute Gasteiger partial charge is 0.146 e. The van der Waals surface area contributed by atoms with Crippen molar-refractivity contribution in [3.63, 3.8) is 0 Å². The molecule has 4 heteroatoms. The molecule has 0 saturated heterocycles. The number of rotatable bonds is 2. The number of hydrogen-bond acceptors (Lipinski definition) is 4. The van der Waals surface area contributed by atoms with Crippen molar-refractivity contribution < 1.29 is 9.47 Å². The van der Waals surface area contributed by atoms with Gasteiger partial charge in [-0.2, -0.15) is 0 Å². The molecule has 2 rings (SSSR count). The first-order valence-electron chi connectivity index (χ1n) is 3.81. The lowest BCUT2D eigenvalue weighted by molar-refractivity contribution is 0.410. The Labute approximate surface area is 79.9 Å². The summed E-state index contributed by atoms with van der Waals surface area (Å²) in [7, 11) is 3.29. The standard InChI is InChI=1S/C9H9NO2S/c1-11-6-3-4-7(12-2)9-8(6)10-5-13-9/h3-5H,1-2H3. The molecule has 0 aliphatic heterocycles. The summed E-state index contributed by atoms with van der Waals surface area (Å²) in [6.07, 6.45) is 0. The van der Waals surface area contributed by atoms with Crippen molar-refractivity contribution in [2.24, 2.45) is 0 Å². The molecule has 0 N–H and O–H groups in total. The molecule has 0 fully saturated rings. The highest BCUT2D eigenvalue weighted by molar-refractivity contribution is 7.17. The molecule has 3 nitrogen and oxygen atoms in total. The van der Waals surface area contributed by atoms with Gasteiger partial charge in [0, 0.05) is 0 Å². The Hall–Kier alpha value is -1.29. The Balaban J connectivity index is 2.74. The SMILES string of the molecule is COc1ccc(OC)c2scnc12. The fraction of sp³-hybridized carbons (Fsp3) is 0.222. The van der Waals surface area contributed by atoms with Crippen LogP contribution in [0.3, 0.4) is 0 Å². The minimum atomic E-state index is 0.789. The fourth-order valence-electron chi connectivity index (χ4n) is 1.23. The van der Waals surface area contributed by atoms with Crippen LogP contribution in [0.1, 0.15) is 0 Å². The van der Waals surface area contributed by atoms with E-state index in [4.69, 9.17) is 9.47 Å². The van der Waals surface area contributed by atoms with Gasteiger partial charge >= 0.3 is 0 Å². The molecular weight excluding hydrogens is 186 g/mol. The highest BCUT2D eigenvalue weighted by atomic mass is 32.1. The van der Waals surface area contributed by atoms with E-state index < -0.39 is 0 Å². The van der Waals surface area contributed by atoms with E-state index >= 15 is 0 Å². The molecule has 1 aromatic heterocycles. The van der Waals surface area contributed by atoms with Crippen LogP contribution in [0.5, 0.6) is 11.5 Å². The predicted octanol–water partition coefficient (Wildman–Crippen LogP) is 2.31. The van der Waals surface area contributed by atoms with Gasteiger partial charge in [0.25, 0.3) is 0 Å². The number of methoxy groups -OCH3 is 2. The molecule has 0 amide bonds. The average molecular weight is 195 g/mol. The second kappa shape index (κ2) is 3.22. The summed E-state index contributed by atoms with van der Waals surface area (Å²) < 4.78 is 11.4. The molecule has 13 heavy (non-hydrogen) atoms. The van der Waals surface area contributed by atoms with Crippen LogP contribution >= 0.6 is 11.3 Å². The van der Waals surface area contributed by atoms with Crippen LogP contribution in [0, 0.1) is 0 Å². The Kier molecular flexibility index (Phi) is 2.06. The van der Waals surface area contributed by atoms with Crippen LogP contribution in [-0.4, -0.2) is 19.2 Å². The predicted molar refractivity (Wildman–Crippen MR) is 52.7 cm³/mol. The van der Waals surface area contributed by atoms with Gasteiger partial charge in [0.2, 0.25) is 0 Å². The van der Waals surface area contributed by atoms with Crippen molar-refractivity contribution in [1.82, 2.24) is 4.98 Å². The molecule has 0 spiro atoms. The third kappa shape index (κ3) is 1.23. The van der Waals surface area contributed by atoms with Gasteiger partial charge in [-0.25, -0.2) is 4.98 Å². The summed E-state index contributed by atoms with van der Waals surface area (Å²) in [6.45, 7) is 0. The zero-order chi connectivity index (χ0) is 9.26. The molecule has 1 heterocycles. The summed E-state index contributed by atoms with van der Waals surface area (Å²) >= 11 is 1.55. The van der Waals surface area contributed by atoms with Crippen LogP contribution in [0.4, 0.5) is 0 Å². The fourth-order valence-corrected chi connectivity index (χ4v) is 2.02. The number of hydrogen-bond donors (Lipinski definition) is 0. The third-order valence-corrected chi connectivity index (χ3v) is 2.69. The number of thiazole rings is 1. The lowest BCUT2D eigenvalue weighted by atomic mass is 10.3. The zero-order valence-electron chi connectivity index (χ0n) is 7.40. The Morgan fingerprint density at radius 3 is 2.54 bits per heavy atom. The number of benzene rings is 1. The van der Waals surface area contributed by atoms with Gasteiger partial charge in [0.15, 0.2) is 0 Å². The molecule has 0 aliphatic carbocycles. The van der Waals surface area contributed by atoms with Crippen molar-refractivity contribution >= 4 is 21.6 Å². The molecule has 68 valence electrons. The van der Waals surface area contributed by atoms with Crippen molar-refractivity contribution in [3.05, 3.63) is 17.6 Å². The maximum atomic E-state index is 5.20. The lowest BCUT2D eigenvalue weighted by Crippen LogP contribution is -1.87. The number of aromatic nitrogens is 1. The monoisotopic (exact) mass is 195 g/mol.